The highest BCUT2D eigenvalue weighted by Gasteiger charge is 2.52. The van der Waals surface area contributed by atoms with Crippen LogP contribution in [0.4, 0.5) is 17.1 Å². The summed E-state index contributed by atoms with van der Waals surface area (Å²) in [7, 11) is 0. The fraction of sp³-hybridized carbons (Fsp3) is 0.0286. The van der Waals surface area contributed by atoms with Crippen LogP contribution in [0, 0.1) is 0 Å². The third kappa shape index (κ3) is 4.93. The maximum Gasteiger partial charge on any atom is 0.0755 e. The second-order valence-electron chi connectivity index (χ2n) is 19.8. The van der Waals surface area contributed by atoms with Gasteiger partial charge in [-0.15, -0.1) is 0 Å². The maximum absolute atomic E-state index is 2.61. The van der Waals surface area contributed by atoms with E-state index < -0.39 is 10.8 Å². The van der Waals surface area contributed by atoms with Crippen LogP contribution in [-0.4, -0.2) is 4.57 Å². The molecule has 1 unspecified atom stereocenters. The summed E-state index contributed by atoms with van der Waals surface area (Å²) in [6.07, 6.45) is 0. The minimum absolute atomic E-state index is 0.559. The molecule has 2 heteroatoms. The van der Waals surface area contributed by atoms with Crippen molar-refractivity contribution >= 4 is 60.4 Å². The topological polar surface area (TPSA) is 8.17 Å². The average Bonchev–Trinajstić information content (AvgIpc) is 4.07. The molecular formula is C70H44N2. The van der Waals surface area contributed by atoms with Gasteiger partial charge in [-0.1, -0.05) is 231 Å². The Bertz CT molecular complexity index is 4370. The summed E-state index contributed by atoms with van der Waals surface area (Å²) in [6.45, 7) is 0. The van der Waals surface area contributed by atoms with Gasteiger partial charge in [-0.2, -0.15) is 0 Å². The molecule has 13 aromatic rings. The van der Waals surface area contributed by atoms with Crippen molar-refractivity contribution in [3.63, 3.8) is 0 Å². The van der Waals surface area contributed by atoms with Crippen LogP contribution < -0.4 is 4.90 Å². The molecule has 1 aliphatic heterocycles. The normalized spacial score (nSPS) is 15.4. The number of anilines is 3. The van der Waals surface area contributed by atoms with Gasteiger partial charge in [0.1, 0.15) is 0 Å². The first-order valence-electron chi connectivity index (χ1n) is 25.2. The highest BCUT2D eigenvalue weighted by atomic mass is 15.2. The molecule has 0 fully saturated rings. The number of hydrogen-bond acceptors (Lipinski definition) is 1. The van der Waals surface area contributed by atoms with E-state index >= 15 is 0 Å². The predicted molar refractivity (Wildman–Crippen MR) is 299 cm³/mol. The minimum atomic E-state index is -0.600. The van der Waals surface area contributed by atoms with Gasteiger partial charge in [-0.05, 0) is 114 Å². The smallest absolute Gasteiger partial charge is 0.0755 e. The van der Waals surface area contributed by atoms with Gasteiger partial charge >= 0.3 is 0 Å². The van der Waals surface area contributed by atoms with E-state index in [9.17, 15) is 0 Å². The standard InChI is InChI=1S/C70H44N2/c1-3-21-47(22-4-1)69(48-23-5-2-6-24-48)56-30-12-9-27-54(56)66-59(69)33-18-38-64(66)71(49-42-43-51-46(44-49)41-40-45-20-7-8-25-50(45)51)65-39-19-34-60-67(65)55-28-10-13-31-57(55)70(60)58-32-14-16-37-63(58)72-62-36-15-11-26-52(62)53-29-17-35-61(70)68(53)72/h1-44H. The molecule has 12 aromatic carbocycles. The second kappa shape index (κ2) is 14.6. The lowest BCUT2D eigenvalue weighted by atomic mass is 9.65. The van der Waals surface area contributed by atoms with Gasteiger partial charge in [0.05, 0.1) is 38.9 Å². The molecule has 72 heavy (non-hydrogen) atoms. The molecule has 1 aromatic heterocycles. The summed E-state index contributed by atoms with van der Waals surface area (Å²) in [5.74, 6) is 0. The summed E-state index contributed by atoms with van der Waals surface area (Å²) in [6, 6.07) is 101. The largest absolute Gasteiger partial charge is 0.309 e. The molecule has 16 rings (SSSR count). The van der Waals surface area contributed by atoms with E-state index in [2.05, 4.69) is 276 Å². The van der Waals surface area contributed by atoms with Crippen molar-refractivity contribution in [3.05, 3.63) is 311 Å². The molecule has 0 saturated heterocycles. The first kappa shape index (κ1) is 39.6. The van der Waals surface area contributed by atoms with Crippen LogP contribution in [0.15, 0.2) is 267 Å². The molecule has 334 valence electrons. The lowest BCUT2D eigenvalue weighted by Crippen LogP contribution is -2.33. The van der Waals surface area contributed by atoms with Crippen LogP contribution in [0.25, 0.3) is 71.3 Å². The zero-order valence-electron chi connectivity index (χ0n) is 39.3. The molecular weight excluding hydrogens is 869 g/mol. The monoisotopic (exact) mass is 912 g/mol. The van der Waals surface area contributed by atoms with E-state index in [0.29, 0.717) is 0 Å². The van der Waals surface area contributed by atoms with Gasteiger partial charge in [0.25, 0.3) is 0 Å². The molecule has 0 saturated carbocycles. The zero-order valence-corrected chi connectivity index (χ0v) is 39.3. The van der Waals surface area contributed by atoms with Gasteiger partial charge in [0, 0.05) is 27.6 Å². The summed E-state index contributed by atoms with van der Waals surface area (Å²) in [4.78, 5) is 2.61. The first-order chi connectivity index (χ1) is 35.8. The van der Waals surface area contributed by atoms with E-state index in [4.69, 9.17) is 0 Å². The highest BCUT2D eigenvalue weighted by molar-refractivity contribution is 6.14. The second-order valence-corrected chi connectivity index (χ2v) is 19.8. The van der Waals surface area contributed by atoms with Crippen LogP contribution in [0.3, 0.4) is 0 Å². The third-order valence-electron chi connectivity index (χ3n) is 16.6. The van der Waals surface area contributed by atoms with Gasteiger partial charge in [0.15, 0.2) is 0 Å². The van der Waals surface area contributed by atoms with Crippen molar-refractivity contribution in [1.82, 2.24) is 4.57 Å². The SMILES string of the molecule is c1ccc(C2(c3ccccc3)c3ccccc3-c3c(N(c4ccc5c(ccc6ccccc65)c4)c4cccc5c4-c4ccccc4C54c5ccccc5-n5c6ccccc6c6cccc4c65)cccc32)cc1. The van der Waals surface area contributed by atoms with Crippen molar-refractivity contribution in [3.8, 4) is 27.9 Å². The zero-order chi connectivity index (χ0) is 47.1. The summed E-state index contributed by atoms with van der Waals surface area (Å²) in [5, 5.41) is 7.52. The fourth-order valence-corrected chi connectivity index (χ4v) is 14.0. The Morgan fingerprint density at radius 3 is 1.53 bits per heavy atom. The van der Waals surface area contributed by atoms with E-state index in [0.717, 1.165) is 17.1 Å². The van der Waals surface area contributed by atoms with Crippen LogP contribution in [0.2, 0.25) is 0 Å². The molecule has 1 atom stereocenters. The molecule has 3 aliphatic rings. The lowest BCUT2D eigenvalue weighted by molar-refractivity contribution is 0.748. The number of aromatic nitrogens is 1. The van der Waals surface area contributed by atoms with Gasteiger partial charge in [0.2, 0.25) is 0 Å². The molecule has 0 bridgehead atoms. The Morgan fingerprint density at radius 1 is 0.306 bits per heavy atom. The molecule has 0 radical (unpaired) electrons. The van der Waals surface area contributed by atoms with Crippen molar-refractivity contribution in [2.75, 3.05) is 4.90 Å². The quantitative estimate of drug-likeness (QED) is 0.156. The van der Waals surface area contributed by atoms with E-state index in [-0.39, 0.29) is 0 Å². The number of nitrogens with zero attached hydrogens (tertiary/aromatic N) is 2. The van der Waals surface area contributed by atoms with Gasteiger partial charge < -0.3 is 9.47 Å². The predicted octanol–water partition coefficient (Wildman–Crippen LogP) is 17.6. The Morgan fingerprint density at radius 2 is 0.806 bits per heavy atom. The number of hydrogen-bond donors (Lipinski definition) is 0. The van der Waals surface area contributed by atoms with Crippen LogP contribution >= 0.6 is 0 Å². The fourth-order valence-electron chi connectivity index (χ4n) is 14.0. The number of fused-ring (bicyclic) bond motifs is 18. The Kier molecular flexibility index (Phi) is 8.05. The minimum Gasteiger partial charge on any atom is -0.309 e. The van der Waals surface area contributed by atoms with Crippen molar-refractivity contribution in [1.29, 1.82) is 0 Å². The van der Waals surface area contributed by atoms with Gasteiger partial charge in [-0.3, -0.25) is 0 Å². The molecule has 2 aliphatic carbocycles. The first-order valence-corrected chi connectivity index (χ1v) is 25.2. The number of benzene rings is 12. The molecule has 1 spiro atoms. The Labute approximate surface area is 418 Å². The molecule has 2 nitrogen and oxygen atoms in total. The van der Waals surface area contributed by atoms with Crippen molar-refractivity contribution in [2.24, 2.45) is 0 Å². The lowest BCUT2D eigenvalue weighted by Gasteiger charge is -2.39. The number of rotatable bonds is 5. The van der Waals surface area contributed by atoms with Crippen LogP contribution in [-0.2, 0) is 10.8 Å². The Balaban J connectivity index is 1.04. The summed E-state index contributed by atoms with van der Waals surface area (Å²) >= 11 is 0. The summed E-state index contributed by atoms with van der Waals surface area (Å²) < 4.78 is 2.53. The number of para-hydroxylation sites is 3. The van der Waals surface area contributed by atoms with Crippen LogP contribution in [0.1, 0.15) is 44.5 Å². The molecule has 0 N–H and O–H groups in total. The molecule has 0 amide bonds. The molecule has 2 heterocycles. The van der Waals surface area contributed by atoms with E-state index in [1.54, 1.807) is 0 Å². The highest BCUT2D eigenvalue weighted by Crippen LogP contribution is 2.65. The van der Waals surface area contributed by atoms with Gasteiger partial charge in [-0.25, -0.2) is 0 Å². The van der Waals surface area contributed by atoms with Crippen molar-refractivity contribution < 1.29 is 0 Å². The maximum atomic E-state index is 2.61. The summed E-state index contributed by atoms with van der Waals surface area (Å²) in [5.41, 5.74) is 21.3. The third-order valence-corrected chi connectivity index (χ3v) is 16.6. The van der Waals surface area contributed by atoms with Crippen molar-refractivity contribution in [2.45, 2.75) is 10.8 Å². The Hall–Kier alpha value is -9.24. The van der Waals surface area contributed by atoms with Crippen LogP contribution in [0.5, 0.6) is 0 Å². The van der Waals surface area contributed by atoms with E-state index in [1.807, 2.05) is 0 Å². The average molecular weight is 913 g/mol. The van der Waals surface area contributed by atoms with E-state index in [1.165, 1.54) is 116 Å².